The molecule has 1 aromatic rings. The summed E-state index contributed by atoms with van der Waals surface area (Å²) < 4.78 is 6.03. The van der Waals surface area contributed by atoms with Crippen molar-refractivity contribution in [3.63, 3.8) is 0 Å². The van der Waals surface area contributed by atoms with Gasteiger partial charge >= 0.3 is 17.9 Å². The number of ether oxygens (including phenoxy) is 1. The number of carboxylic acids is 2. The lowest BCUT2D eigenvalue weighted by Crippen LogP contribution is -2.68. The van der Waals surface area contributed by atoms with Crippen LogP contribution in [0.3, 0.4) is 0 Å². The molecule has 0 amide bonds. The number of esters is 1. The van der Waals surface area contributed by atoms with Gasteiger partial charge in [0.25, 0.3) is 0 Å². The van der Waals surface area contributed by atoms with Gasteiger partial charge in [0.1, 0.15) is 6.61 Å². The summed E-state index contributed by atoms with van der Waals surface area (Å²) in [6.45, 7) is 12.8. The van der Waals surface area contributed by atoms with Gasteiger partial charge in [0.05, 0.1) is 16.4 Å². The Balaban J connectivity index is 1.42. The molecule has 0 radical (unpaired) electrons. The maximum atomic E-state index is 13.8. The van der Waals surface area contributed by atoms with Crippen LogP contribution in [-0.4, -0.2) is 44.9 Å². The van der Waals surface area contributed by atoms with Crippen molar-refractivity contribution in [2.24, 2.45) is 56.7 Å². The first-order valence-electron chi connectivity index (χ1n) is 16.1. The molecule has 4 N–H and O–H groups in total. The molecule has 238 valence electrons. The quantitative estimate of drug-likeness (QED) is 0.157. The number of carboxylic acid groups (broad SMARTS) is 2. The minimum Gasteiger partial charge on any atom is -0.504 e. The lowest BCUT2D eigenvalue weighted by atomic mass is 9.33. The monoisotopic (exact) mass is 606 g/mol. The minimum absolute atomic E-state index is 0.0198. The van der Waals surface area contributed by atoms with Gasteiger partial charge in [-0.2, -0.15) is 0 Å². The maximum absolute atomic E-state index is 13.8. The van der Waals surface area contributed by atoms with E-state index in [9.17, 15) is 34.8 Å². The number of aromatic hydroxyl groups is 2. The molecule has 0 heterocycles. The maximum Gasteiger partial charge on any atom is 0.338 e. The molecule has 0 spiro atoms. The Morgan fingerprint density at radius 1 is 0.886 bits per heavy atom. The number of phenolic OH excluding ortho intramolecular Hbond substituents is 2. The molecule has 44 heavy (non-hydrogen) atoms. The van der Waals surface area contributed by atoms with Gasteiger partial charge in [0, 0.05) is 5.41 Å². The van der Waals surface area contributed by atoms with Crippen molar-refractivity contribution >= 4 is 17.9 Å². The van der Waals surface area contributed by atoms with Crippen molar-refractivity contribution in [2.75, 3.05) is 6.61 Å². The second kappa shape index (κ2) is 9.85. The van der Waals surface area contributed by atoms with Gasteiger partial charge in [-0.1, -0.05) is 45.1 Å². The lowest BCUT2D eigenvalue weighted by molar-refractivity contribution is -0.236. The van der Waals surface area contributed by atoms with E-state index in [2.05, 4.69) is 39.5 Å². The van der Waals surface area contributed by atoms with E-state index in [0.717, 1.165) is 24.8 Å². The first kappa shape index (κ1) is 30.7. The van der Waals surface area contributed by atoms with Gasteiger partial charge in [-0.3, -0.25) is 9.59 Å². The highest BCUT2D eigenvalue weighted by Crippen LogP contribution is 2.77. The van der Waals surface area contributed by atoms with Gasteiger partial charge in [0.15, 0.2) is 11.5 Å². The summed E-state index contributed by atoms with van der Waals surface area (Å²) in [5.74, 6) is -3.51. The first-order valence-corrected chi connectivity index (χ1v) is 16.1. The average Bonchev–Trinajstić information content (AvgIpc) is 3.49. The third-order valence-electron chi connectivity index (χ3n) is 13.6. The molecule has 0 aromatic heterocycles. The molecule has 8 heteroatoms. The summed E-state index contributed by atoms with van der Waals surface area (Å²) in [4.78, 5) is 40.0. The second-order valence-corrected chi connectivity index (χ2v) is 15.5. The minimum atomic E-state index is -1.11. The Morgan fingerprint density at radius 2 is 1.61 bits per heavy atom. The normalized spacial score (nSPS) is 41.5. The molecule has 0 saturated heterocycles. The number of rotatable bonds is 6. The fraction of sp³-hybridized carbons (Fsp3) is 0.639. The van der Waals surface area contributed by atoms with Crippen LogP contribution in [0.4, 0.5) is 0 Å². The number of aliphatic carboxylic acids is 2. The Kier molecular flexibility index (Phi) is 6.88. The van der Waals surface area contributed by atoms with E-state index in [1.807, 2.05) is 6.92 Å². The number of benzene rings is 1. The molecule has 8 nitrogen and oxygen atoms in total. The van der Waals surface area contributed by atoms with E-state index in [1.54, 1.807) is 0 Å². The smallest absolute Gasteiger partial charge is 0.338 e. The highest BCUT2D eigenvalue weighted by Gasteiger charge is 2.76. The summed E-state index contributed by atoms with van der Waals surface area (Å²) in [5, 5.41) is 41.6. The largest absolute Gasteiger partial charge is 0.504 e. The van der Waals surface area contributed by atoms with Gasteiger partial charge < -0.3 is 25.2 Å². The summed E-state index contributed by atoms with van der Waals surface area (Å²) in [5.41, 5.74) is -2.39. The van der Waals surface area contributed by atoms with Gasteiger partial charge in [0.2, 0.25) is 0 Å². The van der Waals surface area contributed by atoms with Crippen LogP contribution in [0.1, 0.15) is 89.4 Å². The van der Waals surface area contributed by atoms with Crippen molar-refractivity contribution in [1.29, 1.82) is 0 Å². The molecule has 1 aromatic carbocycles. The standard InChI is InChI=1S/C36H46O8/c1-20(2)22-10-13-34(30(40)41)16-17-36(31(42)43)23(28(22)34)7-9-27-33(36,5)12-11-26-32(3,4)14-15-35(26,27)19-44-29(39)21-6-8-24(37)25(38)18-21/h6,8,14-15,18,22-23,26-28,37-38H,1,7,9-13,16-17,19H2,2-5H3,(H,40,41)(H,42,43)/t22-,23+,26-,27-,28+,33+,34-,35+,36+/m0/s1. The second-order valence-electron chi connectivity index (χ2n) is 15.5. The number of phenols is 2. The summed E-state index contributed by atoms with van der Waals surface area (Å²) in [6, 6.07) is 3.85. The van der Waals surface area contributed by atoms with Gasteiger partial charge in [-0.05, 0) is 117 Å². The van der Waals surface area contributed by atoms with Crippen LogP contribution in [0.2, 0.25) is 0 Å². The zero-order valence-electron chi connectivity index (χ0n) is 26.3. The first-order chi connectivity index (χ1) is 20.6. The van der Waals surface area contributed by atoms with Crippen LogP contribution in [-0.2, 0) is 14.3 Å². The van der Waals surface area contributed by atoms with Crippen LogP contribution in [0.5, 0.6) is 11.5 Å². The van der Waals surface area contributed by atoms with Gasteiger partial charge in [-0.25, -0.2) is 4.79 Å². The molecule has 4 saturated carbocycles. The highest BCUT2D eigenvalue weighted by atomic mass is 16.5. The fourth-order valence-electron chi connectivity index (χ4n) is 11.7. The molecular formula is C36H46O8. The molecule has 0 bridgehead atoms. The van der Waals surface area contributed by atoms with Crippen molar-refractivity contribution in [3.05, 3.63) is 48.1 Å². The van der Waals surface area contributed by atoms with Crippen molar-refractivity contribution in [3.8, 4) is 11.5 Å². The number of carbonyl (C=O) groups is 3. The van der Waals surface area contributed by atoms with Crippen molar-refractivity contribution < 1.29 is 39.5 Å². The third-order valence-corrected chi connectivity index (χ3v) is 13.6. The molecule has 4 fully saturated rings. The number of hydrogen-bond acceptors (Lipinski definition) is 6. The predicted octanol–water partition coefficient (Wildman–Crippen LogP) is 6.82. The topological polar surface area (TPSA) is 141 Å². The van der Waals surface area contributed by atoms with E-state index in [4.69, 9.17) is 4.74 Å². The van der Waals surface area contributed by atoms with Crippen molar-refractivity contribution in [1.82, 2.24) is 0 Å². The van der Waals surface area contributed by atoms with Crippen LogP contribution >= 0.6 is 0 Å². The highest BCUT2D eigenvalue weighted by molar-refractivity contribution is 5.90. The molecule has 5 aliphatic carbocycles. The number of carbonyl (C=O) groups excluding carboxylic acids is 1. The molecule has 5 aliphatic rings. The predicted molar refractivity (Wildman–Crippen MR) is 163 cm³/mol. The molecule has 6 rings (SSSR count). The number of fused-ring (bicyclic) bond motifs is 7. The summed E-state index contributed by atoms with van der Waals surface area (Å²) in [6.07, 6.45) is 9.16. The Hall–Kier alpha value is -3.29. The van der Waals surface area contributed by atoms with E-state index in [1.165, 1.54) is 18.2 Å². The zero-order chi connectivity index (χ0) is 32.0. The lowest BCUT2D eigenvalue weighted by Gasteiger charge is -2.69. The van der Waals surface area contributed by atoms with E-state index in [-0.39, 0.29) is 52.9 Å². The van der Waals surface area contributed by atoms with E-state index >= 15 is 0 Å². The molecular weight excluding hydrogens is 560 g/mol. The molecule has 9 atom stereocenters. The molecule has 0 unspecified atom stereocenters. The van der Waals surface area contributed by atoms with Crippen LogP contribution in [0, 0.1) is 56.7 Å². The Labute approximate surface area is 259 Å². The van der Waals surface area contributed by atoms with Crippen LogP contribution < -0.4 is 0 Å². The van der Waals surface area contributed by atoms with Crippen molar-refractivity contribution in [2.45, 2.75) is 79.1 Å². The third kappa shape index (κ3) is 3.84. The van der Waals surface area contributed by atoms with Crippen LogP contribution in [0.25, 0.3) is 0 Å². The SMILES string of the molecule is C=C(C)[C@@H]1CC[C@]2(C(=O)O)CC[C@]3(C(=O)O)[C@H](CC[C@@H]4[C@@]5(COC(=O)c6ccc(O)c(O)c6)C=CC(C)(C)[C@@H]5CC[C@]43C)[C@@H]12. The van der Waals surface area contributed by atoms with E-state index in [0.29, 0.717) is 32.1 Å². The Morgan fingerprint density at radius 3 is 2.25 bits per heavy atom. The summed E-state index contributed by atoms with van der Waals surface area (Å²) in [7, 11) is 0. The zero-order valence-corrected chi connectivity index (χ0v) is 26.3. The average molecular weight is 607 g/mol. The molecule has 0 aliphatic heterocycles. The van der Waals surface area contributed by atoms with Crippen LogP contribution in [0.15, 0.2) is 42.5 Å². The van der Waals surface area contributed by atoms with Gasteiger partial charge in [-0.15, -0.1) is 0 Å². The number of allylic oxidation sites excluding steroid dienone is 2. The van der Waals surface area contributed by atoms with E-state index < -0.39 is 45.3 Å². The fourth-order valence-corrected chi connectivity index (χ4v) is 11.7. The number of hydrogen-bond donors (Lipinski definition) is 4. The summed E-state index contributed by atoms with van der Waals surface area (Å²) >= 11 is 0. The Bertz CT molecular complexity index is 1460.